The van der Waals surface area contributed by atoms with E-state index >= 15 is 0 Å². The summed E-state index contributed by atoms with van der Waals surface area (Å²) in [5.74, 6) is -0.286. The quantitative estimate of drug-likeness (QED) is 0.433. The molecule has 1 aromatic heterocycles. The highest BCUT2D eigenvalue weighted by atomic mass is 35.5. The monoisotopic (exact) mass is 308 g/mol. The molecule has 0 unspecified atom stereocenters. The van der Waals surface area contributed by atoms with E-state index in [-0.39, 0.29) is 11.6 Å². The van der Waals surface area contributed by atoms with E-state index in [4.69, 9.17) is 11.6 Å². The Kier molecular flexibility index (Phi) is 4.78. The van der Waals surface area contributed by atoms with Crippen LogP contribution in [-0.2, 0) is 0 Å². The number of rotatable bonds is 6. The van der Waals surface area contributed by atoms with Crippen LogP contribution in [0.4, 0.5) is 11.4 Å². The minimum Gasteiger partial charge on any atom is -0.378 e. The molecule has 7 nitrogen and oxygen atoms in total. The molecule has 0 bridgehead atoms. The first-order chi connectivity index (χ1) is 10.1. The number of amides is 1. The van der Waals surface area contributed by atoms with Gasteiger partial charge in [-0.05, 0) is 12.1 Å². The van der Waals surface area contributed by atoms with Gasteiger partial charge in [-0.1, -0.05) is 23.7 Å². The molecule has 0 aliphatic carbocycles. The number of hydrogen-bond donors (Lipinski definition) is 3. The highest BCUT2D eigenvalue weighted by molar-refractivity contribution is 6.30. The number of aromatic nitrogens is 1. The molecule has 3 N–H and O–H groups in total. The van der Waals surface area contributed by atoms with Gasteiger partial charge in [0.1, 0.15) is 11.4 Å². The maximum atomic E-state index is 11.7. The lowest BCUT2D eigenvalue weighted by Crippen LogP contribution is -2.29. The molecular formula is C13H13ClN4O3. The van der Waals surface area contributed by atoms with Crippen molar-refractivity contribution in [3.8, 4) is 0 Å². The molecular weight excluding hydrogens is 296 g/mol. The number of para-hydroxylation sites is 2. The first-order valence-electron chi connectivity index (χ1n) is 6.17. The average Bonchev–Trinajstić information content (AvgIpc) is 2.90. The van der Waals surface area contributed by atoms with Crippen LogP contribution in [0.3, 0.4) is 0 Å². The third-order valence-electron chi connectivity index (χ3n) is 2.72. The van der Waals surface area contributed by atoms with E-state index in [2.05, 4.69) is 15.6 Å². The number of H-pyrrole nitrogens is 1. The van der Waals surface area contributed by atoms with Crippen LogP contribution >= 0.6 is 11.6 Å². The van der Waals surface area contributed by atoms with E-state index in [0.717, 1.165) is 0 Å². The van der Waals surface area contributed by atoms with Crippen molar-refractivity contribution in [1.82, 2.24) is 10.3 Å². The Balaban J connectivity index is 1.83. The molecule has 0 spiro atoms. The Morgan fingerprint density at radius 3 is 2.76 bits per heavy atom. The summed E-state index contributed by atoms with van der Waals surface area (Å²) in [4.78, 5) is 24.8. The van der Waals surface area contributed by atoms with E-state index < -0.39 is 4.92 Å². The van der Waals surface area contributed by atoms with Crippen LogP contribution < -0.4 is 10.6 Å². The van der Waals surface area contributed by atoms with Crippen molar-refractivity contribution in [2.45, 2.75) is 0 Å². The summed E-state index contributed by atoms with van der Waals surface area (Å²) in [6.45, 7) is 0.687. The third kappa shape index (κ3) is 3.96. The van der Waals surface area contributed by atoms with E-state index in [0.29, 0.717) is 29.5 Å². The smallest absolute Gasteiger partial charge is 0.292 e. The molecule has 2 rings (SSSR count). The van der Waals surface area contributed by atoms with Gasteiger partial charge < -0.3 is 15.6 Å². The highest BCUT2D eigenvalue weighted by Crippen LogP contribution is 2.22. The Bertz CT molecular complexity index is 656. The van der Waals surface area contributed by atoms with Gasteiger partial charge >= 0.3 is 0 Å². The number of nitrogens with one attached hydrogen (secondary N) is 3. The lowest BCUT2D eigenvalue weighted by atomic mass is 10.2. The molecule has 110 valence electrons. The van der Waals surface area contributed by atoms with Crippen LogP contribution in [0.15, 0.2) is 36.5 Å². The van der Waals surface area contributed by atoms with Crippen molar-refractivity contribution >= 4 is 28.9 Å². The highest BCUT2D eigenvalue weighted by Gasteiger charge is 2.11. The van der Waals surface area contributed by atoms with E-state index in [9.17, 15) is 14.9 Å². The number of carbonyl (C=O) groups is 1. The second-order valence-electron chi connectivity index (χ2n) is 4.19. The van der Waals surface area contributed by atoms with Gasteiger partial charge in [-0.3, -0.25) is 14.9 Å². The standard InChI is InChI=1S/C13H13ClN4O3/c14-9-7-11(17-8-9)13(19)16-6-5-15-10-3-1-2-4-12(10)18(20)21/h1-4,7-8,15,17H,5-6H2,(H,16,19). The molecule has 1 aromatic carbocycles. The van der Waals surface area contributed by atoms with Crippen LogP contribution in [0, 0.1) is 10.1 Å². The summed E-state index contributed by atoms with van der Waals surface area (Å²) < 4.78 is 0. The summed E-state index contributed by atoms with van der Waals surface area (Å²) >= 11 is 5.71. The lowest BCUT2D eigenvalue weighted by molar-refractivity contribution is -0.384. The molecule has 0 atom stereocenters. The fraction of sp³-hybridized carbons (Fsp3) is 0.154. The van der Waals surface area contributed by atoms with Crippen LogP contribution in [0.5, 0.6) is 0 Å². The molecule has 1 heterocycles. The second-order valence-corrected chi connectivity index (χ2v) is 4.62. The van der Waals surface area contributed by atoms with Crippen molar-refractivity contribution in [2.24, 2.45) is 0 Å². The predicted octanol–water partition coefficient (Wildman–Crippen LogP) is 2.42. The minimum atomic E-state index is -0.457. The zero-order valence-electron chi connectivity index (χ0n) is 10.9. The molecule has 1 amide bonds. The van der Waals surface area contributed by atoms with Crippen molar-refractivity contribution in [3.05, 3.63) is 57.4 Å². The first kappa shape index (κ1) is 14.9. The van der Waals surface area contributed by atoms with Gasteiger partial charge in [0.15, 0.2) is 0 Å². The number of hydrogen-bond acceptors (Lipinski definition) is 4. The number of carbonyl (C=O) groups excluding carboxylic acids is 1. The average molecular weight is 309 g/mol. The lowest BCUT2D eigenvalue weighted by Gasteiger charge is -2.07. The van der Waals surface area contributed by atoms with Gasteiger partial charge in [0.05, 0.1) is 9.95 Å². The number of aromatic amines is 1. The topological polar surface area (TPSA) is 100 Å². The molecule has 0 saturated carbocycles. The molecule has 0 aliphatic rings. The van der Waals surface area contributed by atoms with Gasteiger partial charge in [0.2, 0.25) is 0 Å². The van der Waals surface area contributed by atoms with Gasteiger partial charge in [0.25, 0.3) is 11.6 Å². The maximum absolute atomic E-state index is 11.7. The molecule has 0 radical (unpaired) electrons. The largest absolute Gasteiger partial charge is 0.378 e. The number of halogens is 1. The van der Waals surface area contributed by atoms with Crippen LogP contribution in [0.1, 0.15) is 10.5 Å². The fourth-order valence-electron chi connectivity index (χ4n) is 1.75. The Labute approximate surface area is 125 Å². The molecule has 21 heavy (non-hydrogen) atoms. The van der Waals surface area contributed by atoms with Gasteiger partial charge in [-0.25, -0.2) is 0 Å². The maximum Gasteiger partial charge on any atom is 0.292 e. The predicted molar refractivity (Wildman–Crippen MR) is 79.7 cm³/mol. The third-order valence-corrected chi connectivity index (χ3v) is 2.94. The zero-order chi connectivity index (χ0) is 15.2. The SMILES string of the molecule is O=C(NCCNc1ccccc1[N+](=O)[O-])c1cc(Cl)c[nH]1. The fourth-order valence-corrected chi connectivity index (χ4v) is 1.91. The second kappa shape index (κ2) is 6.76. The molecule has 0 aliphatic heterocycles. The Morgan fingerprint density at radius 2 is 2.10 bits per heavy atom. The minimum absolute atomic E-state index is 0.0000220. The van der Waals surface area contributed by atoms with E-state index in [1.165, 1.54) is 18.3 Å². The summed E-state index contributed by atoms with van der Waals surface area (Å²) in [7, 11) is 0. The van der Waals surface area contributed by atoms with E-state index in [1.54, 1.807) is 18.2 Å². The Morgan fingerprint density at radius 1 is 1.33 bits per heavy atom. The normalized spacial score (nSPS) is 10.1. The molecule has 2 aromatic rings. The number of benzene rings is 1. The molecule has 0 fully saturated rings. The van der Waals surface area contributed by atoms with Crippen molar-refractivity contribution in [2.75, 3.05) is 18.4 Å². The number of nitro groups is 1. The summed E-state index contributed by atoms with van der Waals surface area (Å²) in [5.41, 5.74) is 0.783. The molecule has 8 heteroatoms. The van der Waals surface area contributed by atoms with Crippen molar-refractivity contribution in [3.63, 3.8) is 0 Å². The number of nitrogens with zero attached hydrogens (tertiary/aromatic N) is 1. The van der Waals surface area contributed by atoms with E-state index in [1.807, 2.05) is 0 Å². The summed E-state index contributed by atoms with van der Waals surface area (Å²) in [5, 5.41) is 16.9. The number of nitro benzene ring substituents is 1. The first-order valence-corrected chi connectivity index (χ1v) is 6.55. The molecule has 0 saturated heterocycles. The van der Waals surface area contributed by atoms with Gasteiger partial charge in [0, 0.05) is 25.4 Å². The van der Waals surface area contributed by atoms with Crippen LogP contribution in [0.25, 0.3) is 0 Å². The number of anilines is 1. The Hall–Kier alpha value is -2.54. The summed E-state index contributed by atoms with van der Waals surface area (Å²) in [6.07, 6.45) is 1.52. The van der Waals surface area contributed by atoms with Crippen LogP contribution in [-0.4, -0.2) is 28.9 Å². The van der Waals surface area contributed by atoms with Crippen LogP contribution in [0.2, 0.25) is 5.02 Å². The van der Waals surface area contributed by atoms with Crippen molar-refractivity contribution < 1.29 is 9.72 Å². The van der Waals surface area contributed by atoms with Gasteiger partial charge in [-0.2, -0.15) is 0 Å². The summed E-state index contributed by atoms with van der Waals surface area (Å²) in [6, 6.07) is 7.85. The van der Waals surface area contributed by atoms with Crippen molar-refractivity contribution in [1.29, 1.82) is 0 Å². The zero-order valence-corrected chi connectivity index (χ0v) is 11.7. The van der Waals surface area contributed by atoms with Gasteiger partial charge in [-0.15, -0.1) is 0 Å².